The van der Waals surface area contributed by atoms with Gasteiger partial charge in [0.25, 0.3) is 0 Å². The number of imide groups is 1. The van der Waals surface area contributed by atoms with Crippen LogP contribution in [0.1, 0.15) is 24.8 Å². The predicted molar refractivity (Wildman–Crippen MR) is 67.9 cm³/mol. The Labute approximate surface area is 106 Å². The van der Waals surface area contributed by atoms with E-state index in [1.165, 1.54) is 5.56 Å². The van der Waals surface area contributed by atoms with Crippen molar-refractivity contribution in [2.45, 2.75) is 31.3 Å². The highest BCUT2D eigenvalue weighted by molar-refractivity contribution is 5.96. The number of nitrogens with one attached hydrogen (secondary N) is 2. The van der Waals surface area contributed by atoms with Gasteiger partial charge in [0, 0.05) is 12.0 Å². The first-order chi connectivity index (χ1) is 8.58. The number of rotatable bonds is 4. The molecule has 18 heavy (non-hydrogen) atoms. The number of hydrogen-bond acceptors (Lipinski definition) is 3. The van der Waals surface area contributed by atoms with Crippen LogP contribution in [0, 0.1) is 0 Å². The second-order valence-corrected chi connectivity index (χ2v) is 4.60. The Morgan fingerprint density at radius 1 is 1.33 bits per heavy atom. The summed E-state index contributed by atoms with van der Waals surface area (Å²) in [4.78, 5) is 22.0. The Hall–Kier alpha value is -1.88. The number of primary amides is 1. The number of urea groups is 1. The Balaban J connectivity index is 1.83. The fourth-order valence-corrected chi connectivity index (χ4v) is 2.07. The van der Waals surface area contributed by atoms with Gasteiger partial charge in [-0.05, 0) is 18.9 Å². The molecule has 0 radical (unpaired) electrons. The SMILES string of the molecule is CC(NC1CC1c1ccccc1)C(=O)NC(N)=O. The summed E-state index contributed by atoms with van der Waals surface area (Å²) in [5.74, 6) is 0.0660. The van der Waals surface area contributed by atoms with Gasteiger partial charge in [0.2, 0.25) is 5.91 Å². The van der Waals surface area contributed by atoms with Crippen molar-refractivity contribution in [1.82, 2.24) is 10.6 Å². The number of carbonyl (C=O) groups excluding carboxylic acids is 2. The average Bonchev–Trinajstić information content (AvgIpc) is 3.08. The van der Waals surface area contributed by atoms with Gasteiger partial charge in [0.1, 0.15) is 0 Å². The van der Waals surface area contributed by atoms with Gasteiger partial charge in [0.15, 0.2) is 0 Å². The lowest BCUT2D eigenvalue weighted by Crippen LogP contribution is -2.47. The molecule has 1 aliphatic rings. The van der Waals surface area contributed by atoms with Crippen LogP contribution in [-0.2, 0) is 4.79 Å². The fraction of sp³-hybridized carbons (Fsp3) is 0.385. The molecule has 0 aliphatic heterocycles. The summed E-state index contributed by atoms with van der Waals surface area (Å²) in [6.07, 6.45) is 1.01. The van der Waals surface area contributed by atoms with Gasteiger partial charge < -0.3 is 11.1 Å². The molecule has 0 bridgehead atoms. The van der Waals surface area contributed by atoms with Crippen LogP contribution in [0.25, 0.3) is 0 Å². The number of nitrogens with two attached hydrogens (primary N) is 1. The summed E-state index contributed by atoms with van der Waals surface area (Å²) >= 11 is 0. The van der Waals surface area contributed by atoms with E-state index in [0.29, 0.717) is 12.0 Å². The maximum absolute atomic E-state index is 11.5. The highest BCUT2D eigenvalue weighted by Crippen LogP contribution is 2.40. The maximum atomic E-state index is 11.5. The molecule has 5 heteroatoms. The first-order valence-electron chi connectivity index (χ1n) is 5.99. The standard InChI is InChI=1S/C13H17N3O2/c1-8(12(17)16-13(14)18)15-11-7-10(11)9-5-3-2-4-6-9/h2-6,8,10-11,15H,7H2,1H3,(H3,14,16,17,18). The summed E-state index contributed by atoms with van der Waals surface area (Å²) in [5, 5.41) is 5.26. The van der Waals surface area contributed by atoms with E-state index < -0.39 is 12.1 Å². The minimum absolute atomic E-state index is 0.293. The van der Waals surface area contributed by atoms with Crippen molar-refractivity contribution in [2.24, 2.45) is 5.73 Å². The average molecular weight is 247 g/mol. The van der Waals surface area contributed by atoms with Crippen LogP contribution < -0.4 is 16.4 Å². The molecular formula is C13H17N3O2. The normalized spacial score (nSPS) is 23.2. The fourth-order valence-electron chi connectivity index (χ4n) is 2.07. The summed E-state index contributed by atoms with van der Waals surface area (Å²) in [6.45, 7) is 1.72. The monoisotopic (exact) mass is 247 g/mol. The molecule has 1 aromatic carbocycles. The number of carbonyl (C=O) groups is 2. The van der Waals surface area contributed by atoms with Crippen LogP contribution in [-0.4, -0.2) is 24.0 Å². The first kappa shape index (κ1) is 12.6. The summed E-state index contributed by atoms with van der Waals surface area (Å²) in [6, 6.07) is 9.22. The Kier molecular flexibility index (Phi) is 3.62. The largest absolute Gasteiger partial charge is 0.351 e. The molecule has 4 N–H and O–H groups in total. The first-order valence-corrected chi connectivity index (χ1v) is 5.99. The van der Waals surface area contributed by atoms with E-state index in [1.807, 2.05) is 18.2 Å². The zero-order valence-corrected chi connectivity index (χ0v) is 10.2. The smallest absolute Gasteiger partial charge is 0.318 e. The van der Waals surface area contributed by atoms with E-state index in [4.69, 9.17) is 5.73 Å². The van der Waals surface area contributed by atoms with E-state index >= 15 is 0 Å². The van der Waals surface area contributed by atoms with Gasteiger partial charge in [-0.3, -0.25) is 10.1 Å². The topological polar surface area (TPSA) is 84.2 Å². The van der Waals surface area contributed by atoms with Crippen molar-refractivity contribution < 1.29 is 9.59 Å². The van der Waals surface area contributed by atoms with Gasteiger partial charge in [-0.1, -0.05) is 30.3 Å². The third-order valence-corrected chi connectivity index (χ3v) is 3.12. The predicted octanol–water partition coefficient (Wildman–Crippen LogP) is 0.715. The molecule has 1 aliphatic carbocycles. The van der Waals surface area contributed by atoms with E-state index in [0.717, 1.165) is 6.42 Å². The Morgan fingerprint density at radius 2 is 2.00 bits per heavy atom. The second kappa shape index (κ2) is 5.18. The molecule has 5 nitrogen and oxygen atoms in total. The van der Waals surface area contributed by atoms with Crippen molar-refractivity contribution >= 4 is 11.9 Å². The highest BCUT2D eigenvalue weighted by atomic mass is 16.2. The van der Waals surface area contributed by atoms with E-state index in [2.05, 4.69) is 22.8 Å². The van der Waals surface area contributed by atoms with Crippen LogP contribution in [0.5, 0.6) is 0 Å². The van der Waals surface area contributed by atoms with Crippen LogP contribution >= 0.6 is 0 Å². The molecule has 96 valence electrons. The summed E-state index contributed by atoms with van der Waals surface area (Å²) < 4.78 is 0. The van der Waals surface area contributed by atoms with Crippen molar-refractivity contribution in [2.75, 3.05) is 0 Å². The van der Waals surface area contributed by atoms with Crippen LogP contribution in [0.4, 0.5) is 4.79 Å². The zero-order valence-electron chi connectivity index (χ0n) is 10.2. The molecular weight excluding hydrogens is 230 g/mol. The maximum Gasteiger partial charge on any atom is 0.318 e. The molecule has 3 atom stereocenters. The quantitative estimate of drug-likeness (QED) is 0.732. The van der Waals surface area contributed by atoms with Crippen LogP contribution in [0.15, 0.2) is 30.3 Å². The highest BCUT2D eigenvalue weighted by Gasteiger charge is 2.39. The van der Waals surface area contributed by atoms with Crippen molar-refractivity contribution in [3.8, 4) is 0 Å². The van der Waals surface area contributed by atoms with Gasteiger partial charge in [-0.2, -0.15) is 0 Å². The lowest BCUT2D eigenvalue weighted by Gasteiger charge is -2.12. The molecule has 1 aromatic rings. The molecule has 2 rings (SSSR count). The van der Waals surface area contributed by atoms with Crippen LogP contribution in [0.3, 0.4) is 0 Å². The molecule has 3 unspecified atom stereocenters. The molecule has 0 saturated heterocycles. The molecule has 0 heterocycles. The number of hydrogen-bond donors (Lipinski definition) is 3. The van der Waals surface area contributed by atoms with Gasteiger partial charge in [-0.25, -0.2) is 4.79 Å². The molecule has 1 fully saturated rings. The second-order valence-electron chi connectivity index (χ2n) is 4.60. The van der Waals surface area contributed by atoms with E-state index in [1.54, 1.807) is 6.92 Å². The minimum Gasteiger partial charge on any atom is -0.351 e. The summed E-state index contributed by atoms with van der Waals surface area (Å²) in [7, 11) is 0. The third-order valence-electron chi connectivity index (χ3n) is 3.12. The molecule has 0 spiro atoms. The van der Waals surface area contributed by atoms with Crippen molar-refractivity contribution in [3.63, 3.8) is 0 Å². The van der Waals surface area contributed by atoms with Crippen molar-refractivity contribution in [3.05, 3.63) is 35.9 Å². The minimum atomic E-state index is -0.816. The number of benzene rings is 1. The molecule has 0 aromatic heterocycles. The summed E-state index contributed by atoms with van der Waals surface area (Å²) in [5.41, 5.74) is 6.17. The Bertz CT molecular complexity index is 447. The van der Waals surface area contributed by atoms with Crippen LogP contribution in [0.2, 0.25) is 0 Å². The molecule has 1 saturated carbocycles. The van der Waals surface area contributed by atoms with Gasteiger partial charge in [-0.15, -0.1) is 0 Å². The van der Waals surface area contributed by atoms with Gasteiger partial charge in [0.05, 0.1) is 6.04 Å². The zero-order chi connectivity index (χ0) is 13.1. The number of amides is 3. The van der Waals surface area contributed by atoms with E-state index in [9.17, 15) is 9.59 Å². The van der Waals surface area contributed by atoms with Crippen molar-refractivity contribution in [1.29, 1.82) is 0 Å². The molecule has 3 amide bonds. The lowest BCUT2D eigenvalue weighted by molar-refractivity contribution is -0.121. The van der Waals surface area contributed by atoms with E-state index in [-0.39, 0.29) is 5.91 Å². The van der Waals surface area contributed by atoms with Gasteiger partial charge >= 0.3 is 6.03 Å². The Morgan fingerprint density at radius 3 is 2.61 bits per heavy atom. The third kappa shape index (κ3) is 3.07. The lowest BCUT2D eigenvalue weighted by atomic mass is 10.1.